The number of hydrogen-bond donors (Lipinski definition) is 1. The largest absolute Gasteiger partial charge is 0.273 e. The molecular formula is C21H17N3O3. The molecule has 0 aromatic heterocycles. The molecule has 0 radical (unpaired) electrons. The molecule has 0 atom stereocenters. The minimum absolute atomic E-state index is 0.0841. The van der Waals surface area contributed by atoms with E-state index in [4.69, 9.17) is 0 Å². The van der Waals surface area contributed by atoms with E-state index >= 15 is 0 Å². The van der Waals surface area contributed by atoms with E-state index in [0.29, 0.717) is 5.56 Å². The predicted octanol–water partition coefficient (Wildman–Crippen LogP) is 3.92. The van der Waals surface area contributed by atoms with Crippen LogP contribution in [0.3, 0.4) is 0 Å². The van der Waals surface area contributed by atoms with E-state index in [1.54, 1.807) is 19.2 Å². The molecule has 1 amide bonds. The van der Waals surface area contributed by atoms with Gasteiger partial charge in [0.1, 0.15) is 0 Å². The van der Waals surface area contributed by atoms with E-state index in [1.807, 2.05) is 12.1 Å². The van der Waals surface area contributed by atoms with Gasteiger partial charge in [-0.2, -0.15) is 5.10 Å². The van der Waals surface area contributed by atoms with Crippen LogP contribution in [0.4, 0.5) is 5.69 Å². The molecule has 6 heteroatoms. The lowest BCUT2D eigenvalue weighted by atomic mass is 10.0. The van der Waals surface area contributed by atoms with E-state index in [-0.39, 0.29) is 11.3 Å². The second-order valence-corrected chi connectivity index (χ2v) is 6.56. The van der Waals surface area contributed by atoms with Crippen LogP contribution in [0.15, 0.2) is 53.6 Å². The molecule has 0 heterocycles. The lowest BCUT2D eigenvalue weighted by Gasteiger charge is -2.06. The Morgan fingerprint density at radius 1 is 1.11 bits per heavy atom. The Labute approximate surface area is 155 Å². The number of benzene rings is 3. The second-order valence-electron chi connectivity index (χ2n) is 6.56. The van der Waals surface area contributed by atoms with Crippen molar-refractivity contribution < 1.29 is 9.72 Å². The Balaban J connectivity index is 1.59. The first kappa shape index (κ1) is 16.9. The topological polar surface area (TPSA) is 84.6 Å². The number of aryl methyl sites for hydroxylation is 2. The molecule has 1 aliphatic carbocycles. The number of carbonyl (C=O) groups is 1. The van der Waals surface area contributed by atoms with Gasteiger partial charge < -0.3 is 0 Å². The zero-order valence-electron chi connectivity index (χ0n) is 14.7. The fraction of sp³-hybridized carbons (Fsp3) is 0.143. The van der Waals surface area contributed by atoms with Gasteiger partial charge in [0.2, 0.25) is 0 Å². The summed E-state index contributed by atoms with van der Waals surface area (Å²) in [5.41, 5.74) is 6.55. The van der Waals surface area contributed by atoms with Crippen molar-refractivity contribution in [1.29, 1.82) is 0 Å². The Morgan fingerprint density at radius 2 is 1.85 bits per heavy atom. The predicted molar refractivity (Wildman–Crippen MR) is 104 cm³/mol. The zero-order valence-corrected chi connectivity index (χ0v) is 14.7. The van der Waals surface area contributed by atoms with Gasteiger partial charge >= 0.3 is 0 Å². The van der Waals surface area contributed by atoms with Crippen LogP contribution in [0.5, 0.6) is 0 Å². The standard InChI is InChI=1S/C21H17N3O3/c1-13-17(5-3-7-19(13)24(26)27)21(25)23-22-12-16-11-10-15-9-8-14-4-2-6-18(16)20(14)15/h2-7,10-12H,8-9H2,1H3,(H,23,25)/b22-12+. The van der Waals surface area contributed by atoms with Crippen molar-refractivity contribution in [2.24, 2.45) is 5.10 Å². The lowest BCUT2D eigenvalue weighted by Crippen LogP contribution is -2.19. The number of nitro groups is 1. The van der Waals surface area contributed by atoms with Gasteiger partial charge in [0.25, 0.3) is 11.6 Å². The van der Waals surface area contributed by atoms with Gasteiger partial charge in [-0.15, -0.1) is 0 Å². The third-order valence-corrected chi connectivity index (χ3v) is 5.03. The number of hydrazone groups is 1. The quantitative estimate of drug-likeness (QED) is 0.435. The molecule has 0 spiro atoms. The van der Waals surface area contributed by atoms with Crippen molar-refractivity contribution in [3.05, 3.63) is 86.5 Å². The van der Waals surface area contributed by atoms with Crippen molar-refractivity contribution in [2.75, 3.05) is 0 Å². The molecule has 27 heavy (non-hydrogen) atoms. The first-order valence-corrected chi connectivity index (χ1v) is 8.67. The zero-order chi connectivity index (χ0) is 19.0. The Hall–Kier alpha value is -3.54. The van der Waals surface area contributed by atoms with Gasteiger partial charge in [-0.3, -0.25) is 14.9 Å². The van der Waals surface area contributed by atoms with E-state index in [1.165, 1.54) is 28.6 Å². The molecule has 0 bridgehead atoms. The average Bonchev–Trinajstić information content (AvgIpc) is 3.08. The fourth-order valence-corrected chi connectivity index (χ4v) is 3.67. The minimum atomic E-state index is -0.498. The van der Waals surface area contributed by atoms with Crippen LogP contribution >= 0.6 is 0 Å². The van der Waals surface area contributed by atoms with E-state index in [2.05, 4.69) is 28.7 Å². The highest BCUT2D eigenvalue weighted by Gasteiger charge is 2.18. The molecule has 6 nitrogen and oxygen atoms in total. The molecule has 3 aromatic carbocycles. The second kappa shape index (κ2) is 6.64. The number of carbonyl (C=O) groups excluding carboxylic acids is 1. The molecule has 0 saturated carbocycles. The molecule has 0 saturated heterocycles. The summed E-state index contributed by atoms with van der Waals surface area (Å²) in [6.07, 6.45) is 3.72. The number of nitrogens with zero attached hydrogens (tertiary/aromatic N) is 2. The summed E-state index contributed by atoms with van der Waals surface area (Å²) in [5, 5.41) is 17.5. The summed E-state index contributed by atoms with van der Waals surface area (Å²) >= 11 is 0. The maximum atomic E-state index is 12.4. The molecule has 134 valence electrons. The van der Waals surface area contributed by atoms with Crippen LogP contribution in [0, 0.1) is 17.0 Å². The first-order chi connectivity index (χ1) is 13.1. The molecule has 0 aliphatic heterocycles. The molecule has 1 N–H and O–H groups in total. The minimum Gasteiger partial charge on any atom is -0.267 e. The Bertz CT molecular complexity index is 1110. The summed E-state index contributed by atoms with van der Waals surface area (Å²) in [6.45, 7) is 1.56. The summed E-state index contributed by atoms with van der Waals surface area (Å²) in [7, 11) is 0. The summed E-state index contributed by atoms with van der Waals surface area (Å²) in [6, 6.07) is 14.8. The average molecular weight is 359 g/mol. The number of amides is 1. The third-order valence-electron chi connectivity index (χ3n) is 5.03. The van der Waals surface area contributed by atoms with Gasteiger partial charge in [-0.1, -0.05) is 36.4 Å². The molecule has 0 fully saturated rings. The van der Waals surface area contributed by atoms with E-state index in [0.717, 1.165) is 23.8 Å². The smallest absolute Gasteiger partial charge is 0.267 e. The normalized spacial score (nSPS) is 12.6. The summed E-state index contributed by atoms with van der Waals surface area (Å²) in [4.78, 5) is 22.9. The highest BCUT2D eigenvalue weighted by molar-refractivity contribution is 6.04. The SMILES string of the molecule is Cc1c(C(=O)N/N=C/c2ccc3c4c(cccc24)CC3)cccc1[N+](=O)[O-]. The summed E-state index contributed by atoms with van der Waals surface area (Å²) in [5.74, 6) is -0.474. The van der Waals surface area contributed by atoms with Crippen LogP contribution in [0.25, 0.3) is 10.8 Å². The molecule has 0 unspecified atom stereocenters. The van der Waals surface area contributed by atoms with Gasteiger partial charge in [0, 0.05) is 17.2 Å². The van der Waals surface area contributed by atoms with Crippen LogP contribution < -0.4 is 5.43 Å². The molecular weight excluding hydrogens is 342 g/mol. The van der Waals surface area contributed by atoms with Crippen molar-refractivity contribution in [2.45, 2.75) is 19.8 Å². The fourth-order valence-electron chi connectivity index (χ4n) is 3.67. The monoisotopic (exact) mass is 359 g/mol. The Morgan fingerprint density at radius 3 is 2.63 bits per heavy atom. The van der Waals surface area contributed by atoms with Crippen LogP contribution in [0.1, 0.15) is 32.6 Å². The number of hydrogen-bond acceptors (Lipinski definition) is 4. The van der Waals surface area contributed by atoms with Gasteiger partial charge in [-0.05, 0) is 47.7 Å². The highest BCUT2D eigenvalue weighted by atomic mass is 16.6. The van der Waals surface area contributed by atoms with Gasteiger partial charge in [0.15, 0.2) is 0 Å². The van der Waals surface area contributed by atoms with Gasteiger partial charge in [-0.25, -0.2) is 5.43 Å². The third kappa shape index (κ3) is 2.95. The van der Waals surface area contributed by atoms with Crippen molar-refractivity contribution in [1.82, 2.24) is 5.43 Å². The van der Waals surface area contributed by atoms with E-state index in [9.17, 15) is 14.9 Å². The van der Waals surface area contributed by atoms with E-state index < -0.39 is 10.8 Å². The van der Waals surface area contributed by atoms with Crippen molar-refractivity contribution in [3.8, 4) is 0 Å². The number of nitro benzene ring substituents is 1. The van der Waals surface area contributed by atoms with Crippen LogP contribution in [0.2, 0.25) is 0 Å². The van der Waals surface area contributed by atoms with Crippen LogP contribution in [-0.2, 0) is 12.8 Å². The molecule has 1 aliphatic rings. The maximum Gasteiger partial charge on any atom is 0.273 e. The molecule has 3 aromatic rings. The number of nitrogens with one attached hydrogen (secondary N) is 1. The molecule has 4 rings (SSSR count). The highest BCUT2D eigenvalue weighted by Crippen LogP contribution is 2.32. The number of rotatable bonds is 4. The first-order valence-electron chi connectivity index (χ1n) is 8.67. The van der Waals surface area contributed by atoms with Crippen LogP contribution in [-0.4, -0.2) is 17.0 Å². The van der Waals surface area contributed by atoms with Gasteiger partial charge in [0.05, 0.1) is 16.7 Å². The maximum absolute atomic E-state index is 12.4. The van der Waals surface area contributed by atoms with Crippen molar-refractivity contribution >= 4 is 28.6 Å². The Kier molecular flexibility index (Phi) is 4.16. The lowest BCUT2D eigenvalue weighted by molar-refractivity contribution is -0.385. The van der Waals surface area contributed by atoms with Crippen molar-refractivity contribution in [3.63, 3.8) is 0 Å². The summed E-state index contributed by atoms with van der Waals surface area (Å²) < 4.78 is 0.